The van der Waals surface area contributed by atoms with Gasteiger partial charge in [-0.2, -0.15) is 0 Å². The number of nitro benzene ring substituents is 3. The number of nitro groups is 3. The van der Waals surface area contributed by atoms with Crippen LogP contribution in [-0.2, 0) is 9.63 Å². The molecule has 30 heavy (non-hydrogen) atoms. The van der Waals surface area contributed by atoms with E-state index in [1.807, 2.05) is 0 Å². The van der Waals surface area contributed by atoms with E-state index in [1.165, 1.54) is 6.92 Å². The van der Waals surface area contributed by atoms with Gasteiger partial charge < -0.3 is 9.94 Å². The SMILES string of the molecule is CC(ON=C1c2cc([N+](=O)[O-])cc(Br)c2-c2c1cc([N+](=O)[O-])cc2[N+](=O)[O-])C(=O)O. The third kappa shape index (κ3) is 3.43. The van der Waals surface area contributed by atoms with Gasteiger partial charge in [0.2, 0.25) is 6.10 Å². The minimum absolute atomic E-state index is 0.0206. The summed E-state index contributed by atoms with van der Waals surface area (Å²) >= 11 is 3.15. The van der Waals surface area contributed by atoms with Gasteiger partial charge in [-0.25, -0.2) is 4.79 Å². The first-order chi connectivity index (χ1) is 14.0. The van der Waals surface area contributed by atoms with Crippen molar-refractivity contribution in [3.63, 3.8) is 0 Å². The van der Waals surface area contributed by atoms with Crippen LogP contribution in [0.1, 0.15) is 18.1 Å². The first-order valence-corrected chi connectivity index (χ1v) is 8.74. The van der Waals surface area contributed by atoms with E-state index in [2.05, 4.69) is 21.1 Å². The zero-order valence-corrected chi connectivity index (χ0v) is 16.4. The highest BCUT2D eigenvalue weighted by molar-refractivity contribution is 9.10. The van der Waals surface area contributed by atoms with Gasteiger partial charge in [-0.3, -0.25) is 30.3 Å². The Balaban J connectivity index is 2.39. The Morgan fingerprint density at radius 2 is 1.53 bits per heavy atom. The summed E-state index contributed by atoms with van der Waals surface area (Å²) in [5, 5.41) is 46.8. The van der Waals surface area contributed by atoms with Crippen molar-refractivity contribution >= 4 is 44.7 Å². The molecule has 1 aliphatic carbocycles. The first kappa shape index (κ1) is 20.8. The molecule has 3 rings (SSSR count). The van der Waals surface area contributed by atoms with Crippen LogP contribution in [0.15, 0.2) is 33.9 Å². The molecular weight excluding hydrogens is 472 g/mol. The van der Waals surface area contributed by atoms with E-state index >= 15 is 0 Å². The minimum atomic E-state index is -1.42. The van der Waals surface area contributed by atoms with Gasteiger partial charge in [0.25, 0.3) is 17.1 Å². The third-order valence-electron chi connectivity index (χ3n) is 4.21. The molecule has 1 aliphatic rings. The molecule has 13 nitrogen and oxygen atoms in total. The van der Waals surface area contributed by atoms with Crippen LogP contribution in [0.25, 0.3) is 11.1 Å². The summed E-state index contributed by atoms with van der Waals surface area (Å²) < 4.78 is 0.112. The van der Waals surface area contributed by atoms with Crippen LogP contribution in [0.3, 0.4) is 0 Å². The molecule has 0 saturated heterocycles. The van der Waals surface area contributed by atoms with Crippen LogP contribution < -0.4 is 0 Å². The van der Waals surface area contributed by atoms with E-state index in [-0.39, 0.29) is 38.1 Å². The second kappa shape index (κ2) is 7.47. The number of carbonyl (C=O) groups is 1. The minimum Gasteiger partial charge on any atom is -0.478 e. The van der Waals surface area contributed by atoms with Gasteiger partial charge in [-0.1, -0.05) is 5.16 Å². The van der Waals surface area contributed by atoms with Crippen LogP contribution >= 0.6 is 15.9 Å². The van der Waals surface area contributed by atoms with E-state index < -0.39 is 38.2 Å². The van der Waals surface area contributed by atoms with Gasteiger partial charge in [0, 0.05) is 39.4 Å². The van der Waals surface area contributed by atoms with Crippen molar-refractivity contribution in [2.45, 2.75) is 13.0 Å². The number of fused-ring (bicyclic) bond motifs is 3. The molecular formula is C16H9BrN4O9. The molecule has 14 heteroatoms. The number of halogens is 1. The van der Waals surface area contributed by atoms with Gasteiger partial charge in [-0.15, -0.1) is 0 Å². The van der Waals surface area contributed by atoms with Gasteiger partial charge in [0.15, 0.2) is 0 Å². The molecule has 0 radical (unpaired) electrons. The molecule has 1 atom stereocenters. The smallest absolute Gasteiger partial charge is 0.347 e. The lowest BCUT2D eigenvalue weighted by atomic mass is 10.0. The van der Waals surface area contributed by atoms with Gasteiger partial charge in [0.1, 0.15) is 5.71 Å². The fourth-order valence-corrected chi connectivity index (χ4v) is 3.52. The lowest BCUT2D eigenvalue weighted by Crippen LogP contribution is -2.18. The van der Waals surface area contributed by atoms with E-state index in [0.717, 1.165) is 24.3 Å². The fourth-order valence-electron chi connectivity index (χ4n) is 2.87. The van der Waals surface area contributed by atoms with Crippen LogP contribution in [0.2, 0.25) is 0 Å². The zero-order valence-electron chi connectivity index (χ0n) is 14.8. The third-order valence-corrected chi connectivity index (χ3v) is 4.83. The van der Waals surface area contributed by atoms with Crippen molar-refractivity contribution in [3.8, 4) is 11.1 Å². The Morgan fingerprint density at radius 3 is 2.03 bits per heavy atom. The number of oxime groups is 1. The summed E-state index contributed by atoms with van der Waals surface area (Å²) in [7, 11) is 0. The highest BCUT2D eigenvalue weighted by atomic mass is 79.9. The maximum absolute atomic E-state index is 11.6. The molecule has 0 spiro atoms. The highest BCUT2D eigenvalue weighted by Crippen LogP contribution is 2.49. The monoisotopic (exact) mass is 480 g/mol. The van der Waals surface area contributed by atoms with Crippen molar-refractivity contribution in [1.29, 1.82) is 0 Å². The number of benzene rings is 2. The first-order valence-electron chi connectivity index (χ1n) is 7.95. The zero-order chi connectivity index (χ0) is 22.3. The molecule has 0 heterocycles. The Labute approximate surface area is 174 Å². The molecule has 1 unspecified atom stereocenters. The Morgan fingerprint density at radius 1 is 1.00 bits per heavy atom. The molecule has 1 N–H and O–H groups in total. The number of rotatable bonds is 6. The number of hydrogen-bond acceptors (Lipinski definition) is 9. The maximum atomic E-state index is 11.6. The average molecular weight is 481 g/mol. The number of carboxylic acid groups (broad SMARTS) is 1. The lowest BCUT2D eigenvalue weighted by Gasteiger charge is -2.06. The van der Waals surface area contributed by atoms with Crippen molar-refractivity contribution in [2.24, 2.45) is 5.16 Å². The fraction of sp³-hybridized carbons (Fsp3) is 0.125. The summed E-state index contributed by atoms with van der Waals surface area (Å²) in [6.45, 7) is 1.17. The van der Waals surface area contributed by atoms with Crippen molar-refractivity contribution in [3.05, 3.63) is 70.2 Å². The van der Waals surface area contributed by atoms with Gasteiger partial charge >= 0.3 is 5.97 Å². The predicted octanol–water partition coefficient (Wildman–Crippen LogP) is 3.40. The van der Waals surface area contributed by atoms with Crippen LogP contribution in [0.4, 0.5) is 17.1 Å². The Kier molecular flexibility index (Phi) is 5.18. The van der Waals surface area contributed by atoms with E-state index in [9.17, 15) is 35.1 Å². The molecule has 0 aromatic heterocycles. The van der Waals surface area contributed by atoms with Crippen LogP contribution in [0, 0.1) is 30.3 Å². The molecule has 0 amide bonds. The molecule has 0 aliphatic heterocycles. The summed E-state index contributed by atoms with van der Waals surface area (Å²) in [5.41, 5.74) is -1.81. The quantitative estimate of drug-likeness (QED) is 0.406. The second-order valence-electron chi connectivity index (χ2n) is 6.03. The van der Waals surface area contributed by atoms with Crippen LogP contribution in [-0.4, -0.2) is 37.7 Å². The average Bonchev–Trinajstić information content (AvgIpc) is 2.98. The largest absolute Gasteiger partial charge is 0.478 e. The van der Waals surface area contributed by atoms with E-state index in [1.54, 1.807) is 0 Å². The summed E-state index contributed by atoms with van der Waals surface area (Å²) in [5.74, 6) is -1.36. The van der Waals surface area contributed by atoms with Crippen molar-refractivity contribution in [1.82, 2.24) is 0 Å². The number of nitrogens with zero attached hydrogens (tertiary/aromatic N) is 4. The summed E-state index contributed by atoms with van der Waals surface area (Å²) in [6.07, 6.45) is -1.42. The summed E-state index contributed by atoms with van der Waals surface area (Å²) in [4.78, 5) is 47.6. The molecule has 2 aromatic rings. The van der Waals surface area contributed by atoms with Gasteiger partial charge in [-0.05, 0) is 22.9 Å². The molecule has 0 fully saturated rings. The Bertz CT molecular complexity index is 1180. The maximum Gasteiger partial charge on any atom is 0.347 e. The van der Waals surface area contributed by atoms with Crippen molar-refractivity contribution < 1.29 is 29.5 Å². The standard InChI is InChI=1S/C16H9BrN4O9/c1-6(16(22)23)30-18-15-9-2-7(19(24)25)4-11(17)13(9)14-10(15)3-8(20(26)27)5-12(14)21(28)29/h2-6H,1H3,(H,22,23). The number of aliphatic carboxylic acids is 1. The molecule has 0 bridgehead atoms. The molecule has 2 aromatic carbocycles. The normalized spacial score (nSPS) is 14.0. The van der Waals surface area contributed by atoms with Gasteiger partial charge in [0.05, 0.1) is 26.4 Å². The number of non-ortho nitro benzene ring substituents is 2. The highest BCUT2D eigenvalue weighted by Gasteiger charge is 2.38. The Hall–Kier alpha value is -3.94. The topological polar surface area (TPSA) is 188 Å². The lowest BCUT2D eigenvalue weighted by molar-refractivity contribution is -0.393. The molecule has 0 saturated carbocycles. The van der Waals surface area contributed by atoms with Crippen LogP contribution in [0.5, 0.6) is 0 Å². The number of hydrogen-bond donors (Lipinski definition) is 1. The second-order valence-corrected chi connectivity index (χ2v) is 6.89. The van der Waals surface area contributed by atoms with Crippen molar-refractivity contribution in [2.75, 3.05) is 0 Å². The summed E-state index contributed by atoms with van der Waals surface area (Å²) in [6, 6.07) is 3.97. The van der Waals surface area contributed by atoms with E-state index in [4.69, 9.17) is 9.94 Å². The predicted molar refractivity (Wildman–Crippen MR) is 103 cm³/mol. The molecule has 154 valence electrons. The number of carboxylic acids is 1. The van der Waals surface area contributed by atoms with E-state index in [0.29, 0.717) is 0 Å².